The maximum absolute atomic E-state index is 3.02. The minimum absolute atomic E-state index is 0. The molecule has 0 saturated heterocycles. The van der Waals surface area contributed by atoms with Crippen LogP contribution in [0.3, 0.4) is 0 Å². The zero-order valence-corrected chi connectivity index (χ0v) is 37.3. The second-order valence-corrected chi connectivity index (χ2v) is 23.5. The van der Waals surface area contributed by atoms with Crippen LogP contribution < -0.4 is 28.1 Å². The Morgan fingerprint density at radius 2 is 1.20 bits per heavy atom. The minimum Gasteiger partial charge on any atom is -1.00 e. The van der Waals surface area contributed by atoms with Crippen molar-refractivity contribution in [2.24, 2.45) is 11.3 Å². The molecule has 4 aromatic rings. The van der Waals surface area contributed by atoms with Gasteiger partial charge >= 0.3 is 308 Å². The predicted octanol–water partition coefficient (Wildman–Crippen LogP) is 6.28. The van der Waals surface area contributed by atoms with E-state index in [0.29, 0.717) is 5.92 Å². The zero-order valence-electron chi connectivity index (χ0n) is 33.3. The summed E-state index contributed by atoms with van der Waals surface area (Å²) in [6.07, 6.45) is 4.76. The van der Waals surface area contributed by atoms with Crippen LogP contribution in [0, 0.1) is 25.2 Å². The molecule has 0 spiro atoms. The van der Waals surface area contributed by atoms with Crippen LogP contribution in [0.1, 0.15) is 127 Å². The molecule has 6 rings (SSSR count). The van der Waals surface area contributed by atoms with Gasteiger partial charge in [0, 0.05) is 0 Å². The Labute approximate surface area is 330 Å². The molecule has 51 heavy (non-hydrogen) atoms. The molecule has 4 aromatic carbocycles. The molecular weight excluding hydrogens is 739 g/mol. The number of hydrogen-bond acceptors (Lipinski definition) is 0. The Hall–Kier alpha value is -2.31. The summed E-state index contributed by atoms with van der Waals surface area (Å²) < 4.78 is 5.15. The molecule has 0 heterocycles. The summed E-state index contributed by atoms with van der Waals surface area (Å²) >= 11 is -3.02. The van der Waals surface area contributed by atoms with Crippen LogP contribution in [0.4, 0.5) is 0 Å². The molecule has 1 atom stereocenters. The van der Waals surface area contributed by atoms with Gasteiger partial charge in [0.1, 0.15) is 0 Å². The molecular formula is C48H58Cl2Zr. The van der Waals surface area contributed by atoms with Crippen molar-refractivity contribution in [2.75, 3.05) is 0 Å². The molecule has 2 aliphatic rings. The van der Waals surface area contributed by atoms with Crippen LogP contribution in [0.25, 0.3) is 11.1 Å². The van der Waals surface area contributed by atoms with Gasteiger partial charge in [0.15, 0.2) is 0 Å². The first-order chi connectivity index (χ1) is 22.9. The molecule has 0 aliphatic heterocycles. The predicted molar refractivity (Wildman–Crippen MR) is 211 cm³/mol. The molecule has 1 unspecified atom stereocenters. The fraction of sp³-hybridized carbons (Fsp3) is 0.396. The van der Waals surface area contributed by atoms with Crippen LogP contribution in [0.5, 0.6) is 0 Å². The van der Waals surface area contributed by atoms with Crippen LogP contribution in [0.15, 0.2) is 99.4 Å². The summed E-state index contributed by atoms with van der Waals surface area (Å²) in [6.45, 7) is 31.0. The first-order valence-corrected chi connectivity index (χ1v) is 22.2. The summed E-state index contributed by atoms with van der Waals surface area (Å²) in [4.78, 5) is 0. The SMILES string of the molecule is CCC1=[C]([Zr+2](=[C](c2ccc(C)cc2)c2ccc(C)cc2)[c]2c(C(C)(C)C)ccc3c2Cc2cc(C(C)(C)C)ccc2-3)C(C)C=C1C(C)(C)C.[Cl-].[Cl-]. The second kappa shape index (κ2) is 15.2. The Bertz CT molecular complexity index is 1970. The number of halogens is 2. The van der Waals surface area contributed by atoms with E-state index in [1.165, 1.54) is 44.5 Å². The zero-order chi connectivity index (χ0) is 35.6. The summed E-state index contributed by atoms with van der Waals surface area (Å²) in [5.74, 6) is 0.421. The standard InChI is InChI=1S/C21H25.C15H14.C12H19.2ClH.Zr/c1-20(2,3)16-7-9-18-14(12-16)11-15-13-17(21(4,5)6)8-10-19(15)18;1-12-3-7-14(8-4-12)11-15-9-5-13(2)6-10-15;1-6-10-7-9(2)8-11(10)12(3,4)5;;;/h7-10,12H,11H2,1-6H3;3-10H,1-2H3;8-9H,6H2,1-5H3;2*1H;/q;;;;;+2/p-2. The van der Waals surface area contributed by atoms with Crippen LogP contribution in [0.2, 0.25) is 0 Å². The normalized spacial score (nSPS) is 15.3. The van der Waals surface area contributed by atoms with E-state index < -0.39 is 21.3 Å². The van der Waals surface area contributed by atoms with Gasteiger partial charge in [0.05, 0.1) is 0 Å². The molecule has 0 fully saturated rings. The minimum atomic E-state index is -3.02. The summed E-state index contributed by atoms with van der Waals surface area (Å²) in [5.41, 5.74) is 17.9. The maximum atomic E-state index is 2.65. The van der Waals surface area contributed by atoms with Crippen molar-refractivity contribution < 1.29 is 46.1 Å². The number of allylic oxidation sites excluding steroid dienone is 4. The topological polar surface area (TPSA) is 0 Å². The molecule has 2 aliphatic carbocycles. The second-order valence-electron chi connectivity index (χ2n) is 17.9. The van der Waals surface area contributed by atoms with E-state index in [1.807, 2.05) is 0 Å². The van der Waals surface area contributed by atoms with E-state index in [1.54, 1.807) is 32.0 Å². The van der Waals surface area contributed by atoms with E-state index in [4.69, 9.17) is 0 Å². The fourth-order valence-electron chi connectivity index (χ4n) is 8.26. The first-order valence-electron chi connectivity index (χ1n) is 18.5. The molecule has 0 saturated carbocycles. The van der Waals surface area contributed by atoms with Crippen molar-refractivity contribution in [3.05, 3.63) is 144 Å². The molecule has 0 amide bonds. The quantitative estimate of drug-likeness (QED) is 0.197. The Balaban J connectivity index is 0.00000292. The number of hydrogen-bond donors (Lipinski definition) is 0. The molecule has 0 radical (unpaired) electrons. The van der Waals surface area contributed by atoms with Gasteiger partial charge in [-0.1, -0.05) is 0 Å². The van der Waals surface area contributed by atoms with Crippen molar-refractivity contribution in [2.45, 2.75) is 114 Å². The van der Waals surface area contributed by atoms with E-state index in [-0.39, 0.29) is 41.1 Å². The smallest absolute Gasteiger partial charge is 1.00 e. The number of rotatable bonds is 5. The molecule has 3 heteroatoms. The van der Waals surface area contributed by atoms with E-state index in [0.717, 1.165) is 12.8 Å². The number of fused-ring (bicyclic) bond motifs is 3. The summed E-state index contributed by atoms with van der Waals surface area (Å²) in [5, 5.41) is 0. The molecule has 0 N–H and O–H groups in total. The Morgan fingerprint density at radius 1 is 0.667 bits per heavy atom. The van der Waals surface area contributed by atoms with Gasteiger partial charge in [-0.05, 0) is 0 Å². The fourth-order valence-corrected chi connectivity index (χ4v) is 18.3. The molecule has 0 bridgehead atoms. The third-order valence-electron chi connectivity index (χ3n) is 10.9. The van der Waals surface area contributed by atoms with Gasteiger partial charge in [-0.15, -0.1) is 0 Å². The van der Waals surface area contributed by atoms with Crippen molar-refractivity contribution in [3.63, 3.8) is 0 Å². The van der Waals surface area contributed by atoms with E-state index >= 15 is 0 Å². The van der Waals surface area contributed by atoms with Crippen molar-refractivity contribution >= 4 is 6.48 Å². The average molecular weight is 797 g/mol. The van der Waals surface area contributed by atoms with Crippen molar-refractivity contribution in [1.29, 1.82) is 0 Å². The van der Waals surface area contributed by atoms with Gasteiger partial charge < -0.3 is 24.8 Å². The third-order valence-corrected chi connectivity index (χ3v) is 19.3. The van der Waals surface area contributed by atoms with Crippen LogP contribution in [-0.4, -0.2) is 3.21 Å². The van der Waals surface area contributed by atoms with Gasteiger partial charge in [-0.25, -0.2) is 0 Å². The van der Waals surface area contributed by atoms with Gasteiger partial charge in [-0.3, -0.25) is 0 Å². The Kier molecular flexibility index (Phi) is 12.4. The molecule has 0 aromatic heterocycles. The van der Waals surface area contributed by atoms with E-state index in [9.17, 15) is 0 Å². The van der Waals surface area contributed by atoms with E-state index in [2.05, 4.69) is 175 Å². The molecule has 268 valence electrons. The average Bonchev–Trinajstić information content (AvgIpc) is 3.57. The monoisotopic (exact) mass is 794 g/mol. The summed E-state index contributed by atoms with van der Waals surface area (Å²) in [7, 11) is 0. The van der Waals surface area contributed by atoms with Crippen LogP contribution in [-0.2, 0) is 38.5 Å². The Morgan fingerprint density at radius 3 is 1.67 bits per heavy atom. The number of aryl methyl sites for hydroxylation is 2. The van der Waals surface area contributed by atoms with Crippen molar-refractivity contribution in [1.82, 2.24) is 0 Å². The van der Waals surface area contributed by atoms with Gasteiger partial charge in [0.2, 0.25) is 0 Å². The van der Waals surface area contributed by atoms with Gasteiger partial charge in [0.25, 0.3) is 0 Å². The molecule has 0 nitrogen and oxygen atoms in total. The first kappa shape index (κ1) is 41.4. The number of benzene rings is 4. The van der Waals surface area contributed by atoms with Crippen LogP contribution >= 0.6 is 0 Å². The summed E-state index contributed by atoms with van der Waals surface area (Å²) in [6, 6.07) is 31.4. The van der Waals surface area contributed by atoms with Crippen molar-refractivity contribution in [3.8, 4) is 11.1 Å². The van der Waals surface area contributed by atoms with Gasteiger partial charge in [-0.2, -0.15) is 0 Å². The third kappa shape index (κ3) is 7.98. The largest absolute Gasteiger partial charge is 1.00 e. The maximum Gasteiger partial charge on any atom is -1.00 e.